The van der Waals surface area contributed by atoms with Gasteiger partial charge in [-0.3, -0.25) is 0 Å². The summed E-state index contributed by atoms with van der Waals surface area (Å²) < 4.78 is 26.3. The van der Waals surface area contributed by atoms with Gasteiger partial charge >= 0.3 is 0 Å². The maximum absolute atomic E-state index is 13.5. The molecule has 1 N–H and O–H groups in total. The van der Waals surface area contributed by atoms with Gasteiger partial charge in [0.1, 0.15) is 11.6 Å². The van der Waals surface area contributed by atoms with Crippen molar-refractivity contribution in [2.45, 2.75) is 27.3 Å². The molecule has 2 aromatic rings. The number of halogens is 2. The van der Waals surface area contributed by atoms with E-state index in [1.165, 1.54) is 18.3 Å². The third-order valence-corrected chi connectivity index (χ3v) is 2.70. The number of nitrogens with zero attached hydrogens (tertiary/aromatic N) is 2. The maximum atomic E-state index is 13.5. The minimum atomic E-state index is -0.265. The smallest absolute Gasteiger partial charge is 0.126 e. The molecule has 0 aliphatic heterocycles. The van der Waals surface area contributed by atoms with Crippen molar-refractivity contribution >= 4 is 11.5 Å². The first-order valence-corrected chi connectivity index (χ1v) is 7.12. The molecule has 3 nitrogen and oxygen atoms in total. The SMILES string of the molecule is C=C(C)N(F)c1ccc(NCc2ccc(F)cc2)nc1.CC. The molecule has 5 heteroatoms. The van der Waals surface area contributed by atoms with E-state index in [2.05, 4.69) is 16.9 Å². The van der Waals surface area contributed by atoms with Gasteiger partial charge < -0.3 is 5.32 Å². The highest BCUT2D eigenvalue weighted by molar-refractivity contribution is 5.50. The molecule has 0 saturated heterocycles. The first-order valence-electron chi connectivity index (χ1n) is 7.12. The molecule has 0 amide bonds. The standard InChI is InChI=1S/C15H15F2N3.C2H6/c1-11(2)20(17)14-7-8-15(19-10-14)18-9-12-3-5-13(16)6-4-12;1-2/h3-8,10H,1,9H2,2H3,(H,18,19);1-2H3. The van der Waals surface area contributed by atoms with Gasteiger partial charge in [-0.25, -0.2) is 9.37 Å². The summed E-state index contributed by atoms with van der Waals surface area (Å²) in [6.45, 7) is 9.60. The van der Waals surface area contributed by atoms with Gasteiger partial charge in [-0.05, 0) is 36.8 Å². The number of pyridine rings is 1. The Morgan fingerprint density at radius 1 is 1.18 bits per heavy atom. The molecule has 0 saturated carbocycles. The van der Waals surface area contributed by atoms with Gasteiger partial charge in [0, 0.05) is 12.2 Å². The summed E-state index contributed by atoms with van der Waals surface area (Å²) in [4.78, 5) is 4.11. The normalized spacial score (nSPS) is 9.50. The zero-order valence-electron chi connectivity index (χ0n) is 13.1. The van der Waals surface area contributed by atoms with Crippen molar-refractivity contribution in [1.82, 2.24) is 4.98 Å². The summed E-state index contributed by atoms with van der Waals surface area (Å²) in [5.41, 5.74) is 1.55. The molecule has 22 heavy (non-hydrogen) atoms. The molecule has 118 valence electrons. The van der Waals surface area contributed by atoms with Crippen molar-refractivity contribution in [2.75, 3.05) is 10.4 Å². The molecule has 1 heterocycles. The zero-order chi connectivity index (χ0) is 16.5. The number of hydrogen-bond acceptors (Lipinski definition) is 3. The highest BCUT2D eigenvalue weighted by atomic mass is 19.2. The molecule has 0 fully saturated rings. The molecule has 0 unspecified atom stereocenters. The maximum Gasteiger partial charge on any atom is 0.126 e. The fraction of sp³-hybridized carbons (Fsp3) is 0.235. The lowest BCUT2D eigenvalue weighted by Gasteiger charge is -2.13. The van der Waals surface area contributed by atoms with Gasteiger partial charge in [0.15, 0.2) is 0 Å². The second kappa shape index (κ2) is 8.77. The molecule has 0 spiro atoms. The van der Waals surface area contributed by atoms with E-state index < -0.39 is 0 Å². The lowest BCUT2D eigenvalue weighted by atomic mass is 10.2. The summed E-state index contributed by atoms with van der Waals surface area (Å²) in [7, 11) is 0. The van der Waals surface area contributed by atoms with E-state index in [1.807, 2.05) is 13.8 Å². The molecular formula is C17H21F2N3. The van der Waals surface area contributed by atoms with E-state index in [0.717, 1.165) is 5.56 Å². The average Bonchev–Trinajstić information content (AvgIpc) is 2.56. The van der Waals surface area contributed by atoms with Crippen LogP contribution < -0.4 is 10.4 Å². The number of anilines is 2. The minimum Gasteiger partial charge on any atom is -0.366 e. The van der Waals surface area contributed by atoms with Crippen LogP contribution in [0.1, 0.15) is 26.3 Å². The van der Waals surface area contributed by atoms with Crippen LogP contribution in [0.15, 0.2) is 54.9 Å². The highest BCUT2D eigenvalue weighted by Crippen LogP contribution is 2.19. The topological polar surface area (TPSA) is 28.2 Å². The van der Waals surface area contributed by atoms with Crippen LogP contribution in [0.4, 0.5) is 20.4 Å². The van der Waals surface area contributed by atoms with E-state index >= 15 is 0 Å². The van der Waals surface area contributed by atoms with Crippen molar-refractivity contribution in [1.29, 1.82) is 0 Å². The van der Waals surface area contributed by atoms with E-state index in [-0.39, 0.29) is 5.82 Å². The van der Waals surface area contributed by atoms with Gasteiger partial charge in [0.25, 0.3) is 0 Å². The highest BCUT2D eigenvalue weighted by Gasteiger charge is 2.05. The first kappa shape index (κ1) is 17.6. The van der Waals surface area contributed by atoms with Crippen molar-refractivity contribution in [2.24, 2.45) is 0 Å². The van der Waals surface area contributed by atoms with Crippen molar-refractivity contribution in [3.63, 3.8) is 0 Å². The molecule has 0 aliphatic carbocycles. The van der Waals surface area contributed by atoms with E-state index in [1.54, 1.807) is 31.2 Å². The van der Waals surface area contributed by atoms with Crippen molar-refractivity contribution < 1.29 is 8.87 Å². The number of benzene rings is 1. The average molecular weight is 305 g/mol. The van der Waals surface area contributed by atoms with Crippen LogP contribution in [0.5, 0.6) is 0 Å². The molecule has 0 bridgehead atoms. The fourth-order valence-electron chi connectivity index (χ4n) is 1.62. The number of rotatable bonds is 5. The van der Waals surface area contributed by atoms with Crippen molar-refractivity contribution in [3.05, 3.63) is 66.3 Å². The molecule has 0 aliphatic rings. The molecule has 0 atom stereocenters. The van der Waals surface area contributed by atoms with Crippen LogP contribution in [0.2, 0.25) is 0 Å². The van der Waals surface area contributed by atoms with Crippen LogP contribution in [0.25, 0.3) is 0 Å². The first-order chi connectivity index (χ1) is 10.6. The Kier molecular flexibility index (Phi) is 7.02. The summed E-state index contributed by atoms with van der Waals surface area (Å²) >= 11 is 0. The molecule has 0 radical (unpaired) electrons. The summed E-state index contributed by atoms with van der Waals surface area (Å²) in [6.07, 6.45) is 1.42. The van der Waals surface area contributed by atoms with Gasteiger partial charge in [0.05, 0.1) is 11.9 Å². The third-order valence-electron chi connectivity index (χ3n) is 2.70. The Morgan fingerprint density at radius 3 is 2.32 bits per heavy atom. The Bertz CT molecular complexity index is 580. The Balaban J connectivity index is 0.00000116. The Hall–Kier alpha value is -2.43. The zero-order valence-corrected chi connectivity index (χ0v) is 13.1. The fourth-order valence-corrected chi connectivity index (χ4v) is 1.62. The minimum absolute atomic E-state index is 0.265. The van der Waals surface area contributed by atoms with E-state index in [4.69, 9.17) is 0 Å². The quantitative estimate of drug-likeness (QED) is 0.780. The van der Waals surface area contributed by atoms with Crippen LogP contribution in [-0.2, 0) is 6.54 Å². The Morgan fingerprint density at radius 2 is 1.82 bits per heavy atom. The van der Waals surface area contributed by atoms with Gasteiger partial charge in [-0.1, -0.05) is 37.0 Å². The number of allylic oxidation sites excluding steroid dienone is 1. The predicted octanol–water partition coefficient (Wildman–Crippen LogP) is 5.08. The summed E-state index contributed by atoms with van der Waals surface area (Å²) in [5.74, 6) is 0.354. The van der Waals surface area contributed by atoms with Gasteiger partial charge in [0.2, 0.25) is 0 Å². The molecule has 1 aromatic carbocycles. The van der Waals surface area contributed by atoms with Crippen LogP contribution in [0.3, 0.4) is 0 Å². The van der Waals surface area contributed by atoms with Gasteiger partial charge in [-0.2, -0.15) is 5.12 Å². The van der Waals surface area contributed by atoms with Crippen molar-refractivity contribution in [3.8, 4) is 0 Å². The molecular weight excluding hydrogens is 284 g/mol. The number of hydrogen-bond donors (Lipinski definition) is 1. The largest absolute Gasteiger partial charge is 0.366 e. The molecule has 1 aromatic heterocycles. The predicted molar refractivity (Wildman–Crippen MR) is 87.7 cm³/mol. The number of aromatic nitrogens is 1. The van der Waals surface area contributed by atoms with Crippen LogP contribution in [-0.4, -0.2) is 4.98 Å². The second-order valence-electron chi connectivity index (χ2n) is 4.40. The van der Waals surface area contributed by atoms with E-state index in [0.29, 0.717) is 28.9 Å². The third kappa shape index (κ3) is 5.16. The number of nitrogens with one attached hydrogen (secondary N) is 1. The van der Waals surface area contributed by atoms with E-state index in [9.17, 15) is 8.87 Å². The summed E-state index contributed by atoms with van der Waals surface area (Å²) in [6, 6.07) is 9.48. The summed E-state index contributed by atoms with van der Waals surface area (Å²) in [5, 5.41) is 3.55. The van der Waals surface area contributed by atoms with Crippen LogP contribution >= 0.6 is 0 Å². The van der Waals surface area contributed by atoms with Crippen LogP contribution in [0, 0.1) is 5.82 Å². The second-order valence-corrected chi connectivity index (χ2v) is 4.40. The lowest BCUT2D eigenvalue weighted by molar-refractivity contribution is 0.480. The monoisotopic (exact) mass is 305 g/mol. The molecule has 2 rings (SSSR count). The lowest BCUT2D eigenvalue weighted by Crippen LogP contribution is -2.08. The van der Waals surface area contributed by atoms with Gasteiger partial charge in [-0.15, -0.1) is 0 Å². The Labute approximate surface area is 130 Å².